The number of aromatic nitrogens is 1. The smallest absolute Gasteiger partial charge is 0.317 e. The number of urea groups is 1. The van der Waals surface area contributed by atoms with Gasteiger partial charge < -0.3 is 29.7 Å². The van der Waals surface area contributed by atoms with Gasteiger partial charge in [-0.25, -0.2) is 13.2 Å². The fraction of sp³-hybridized carbons (Fsp3) is 0.433. The van der Waals surface area contributed by atoms with Crippen LogP contribution in [0.25, 0.3) is 10.9 Å². The van der Waals surface area contributed by atoms with Crippen molar-refractivity contribution in [2.75, 3.05) is 56.1 Å². The summed E-state index contributed by atoms with van der Waals surface area (Å²) in [4.78, 5) is 42.9. The summed E-state index contributed by atoms with van der Waals surface area (Å²) in [5, 5.41) is 6.40. The highest BCUT2D eigenvalue weighted by Gasteiger charge is 2.28. The van der Waals surface area contributed by atoms with E-state index in [1.807, 2.05) is 33.8 Å². The first kappa shape index (κ1) is 31.7. The molecule has 1 aliphatic rings. The van der Waals surface area contributed by atoms with Gasteiger partial charge in [-0.15, -0.1) is 0 Å². The average molecular weight is 613 g/mol. The molecule has 4 amide bonds. The Morgan fingerprint density at radius 3 is 2.19 bits per heavy atom. The molecule has 3 N–H and O–H groups in total. The molecule has 1 aromatic heterocycles. The number of ether oxygens (including phenoxy) is 1. The van der Waals surface area contributed by atoms with Gasteiger partial charge in [-0.2, -0.15) is 0 Å². The molecule has 3 aromatic rings. The number of amides is 4. The summed E-state index contributed by atoms with van der Waals surface area (Å²) in [6.07, 6.45) is 1.05. The maximum atomic E-state index is 13.7. The Morgan fingerprint density at radius 1 is 0.977 bits per heavy atom. The summed E-state index contributed by atoms with van der Waals surface area (Å²) < 4.78 is 33.9. The van der Waals surface area contributed by atoms with Gasteiger partial charge in [-0.3, -0.25) is 14.3 Å². The Morgan fingerprint density at radius 2 is 1.60 bits per heavy atom. The first-order valence-electron chi connectivity index (χ1n) is 14.1. The van der Waals surface area contributed by atoms with Gasteiger partial charge >= 0.3 is 6.03 Å². The van der Waals surface area contributed by atoms with E-state index in [2.05, 4.69) is 15.4 Å². The summed E-state index contributed by atoms with van der Waals surface area (Å²) in [7, 11) is -0.506. The minimum atomic E-state index is -3.63. The average Bonchev–Trinajstić information content (AvgIpc) is 3.28. The minimum absolute atomic E-state index is 0.140. The van der Waals surface area contributed by atoms with Crippen LogP contribution in [-0.2, 0) is 22.5 Å². The van der Waals surface area contributed by atoms with Crippen molar-refractivity contribution in [1.82, 2.24) is 19.7 Å². The standard InChI is InChI=1S/C30H40N6O6S/c1-8-31-29(39)36-14-12-35(13-15-36)28(38)21-11-9-10-19-16-24(34(5)25(19)21)27(37)32-22-17-20(30(2,3)4)18-23(26(22)42-6)33-43(7,40)41/h9-11,16-18,33H,8,12-15H2,1-7H3,(H,31,39)(H,32,37). The molecule has 0 radical (unpaired) electrons. The molecule has 43 heavy (non-hydrogen) atoms. The first-order chi connectivity index (χ1) is 20.1. The number of para-hydroxylation sites is 1. The molecule has 2 heterocycles. The molecule has 1 saturated heterocycles. The molecule has 1 aliphatic heterocycles. The lowest BCUT2D eigenvalue weighted by Gasteiger charge is -2.34. The normalized spacial score (nSPS) is 14.0. The zero-order chi connectivity index (χ0) is 31.7. The van der Waals surface area contributed by atoms with E-state index in [0.29, 0.717) is 60.6 Å². The monoisotopic (exact) mass is 612 g/mol. The number of nitrogens with zero attached hydrogens (tertiary/aromatic N) is 3. The Balaban J connectivity index is 1.66. The zero-order valence-electron chi connectivity index (χ0n) is 25.7. The molecule has 12 nitrogen and oxygen atoms in total. The molecule has 0 atom stereocenters. The second-order valence-electron chi connectivity index (χ2n) is 11.6. The second-order valence-corrected chi connectivity index (χ2v) is 13.4. The fourth-order valence-electron chi connectivity index (χ4n) is 5.19. The summed E-state index contributed by atoms with van der Waals surface area (Å²) in [5.74, 6) is -0.458. The molecule has 232 valence electrons. The van der Waals surface area contributed by atoms with Crippen LogP contribution in [-0.4, -0.2) is 86.7 Å². The summed E-state index contributed by atoms with van der Waals surface area (Å²) in [6.45, 7) is 10.00. The van der Waals surface area contributed by atoms with E-state index in [0.717, 1.165) is 11.8 Å². The van der Waals surface area contributed by atoms with Crippen molar-refractivity contribution in [3.8, 4) is 5.75 Å². The van der Waals surface area contributed by atoms with Crippen LogP contribution < -0.4 is 20.1 Å². The number of anilines is 2. The molecule has 1 fully saturated rings. The maximum absolute atomic E-state index is 13.7. The third-order valence-electron chi connectivity index (χ3n) is 7.40. The number of methoxy groups -OCH3 is 1. The Kier molecular flexibility index (Phi) is 8.95. The number of fused-ring (bicyclic) bond motifs is 1. The highest BCUT2D eigenvalue weighted by molar-refractivity contribution is 7.92. The lowest BCUT2D eigenvalue weighted by Crippen LogP contribution is -2.53. The SMILES string of the molecule is CCNC(=O)N1CCN(C(=O)c2cccc3cc(C(=O)Nc4cc(C(C)(C)C)cc(NS(C)(=O)=O)c4OC)n(C)c23)CC1. The lowest BCUT2D eigenvalue weighted by atomic mass is 9.86. The van der Waals surface area contributed by atoms with Crippen molar-refractivity contribution in [3.05, 3.63) is 53.2 Å². The van der Waals surface area contributed by atoms with E-state index in [1.54, 1.807) is 51.7 Å². The van der Waals surface area contributed by atoms with E-state index >= 15 is 0 Å². The van der Waals surface area contributed by atoms with Crippen LogP contribution in [0.3, 0.4) is 0 Å². The quantitative estimate of drug-likeness (QED) is 0.372. The van der Waals surface area contributed by atoms with Gasteiger partial charge in [0, 0.05) is 45.2 Å². The number of aryl methyl sites for hydroxylation is 1. The highest BCUT2D eigenvalue weighted by Crippen LogP contribution is 2.39. The van der Waals surface area contributed by atoms with Gasteiger partial charge in [-0.05, 0) is 42.2 Å². The molecule has 4 rings (SSSR count). The summed E-state index contributed by atoms with van der Waals surface area (Å²) >= 11 is 0. The molecule has 0 bridgehead atoms. The second kappa shape index (κ2) is 12.2. The van der Waals surface area contributed by atoms with Crippen molar-refractivity contribution in [1.29, 1.82) is 0 Å². The number of piperazine rings is 1. The van der Waals surface area contributed by atoms with Crippen LogP contribution in [0.5, 0.6) is 5.75 Å². The predicted molar refractivity (Wildman–Crippen MR) is 168 cm³/mol. The molecular formula is C30H40N6O6S. The number of hydrogen-bond donors (Lipinski definition) is 3. The van der Waals surface area contributed by atoms with E-state index in [-0.39, 0.29) is 28.8 Å². The predicted octanol–water partition coefficient (Wildman–Crippen LogP) is 3.60. The third-order valence-corrected chi connectivity index (χ3v) is 7.99. The molecule has 0 unspecified atom stereocenters. The lowest BCUT2D eigenvalue weighted by molar-refractivity contribution is 0.0666. The first-order valence-corrected chi connectivity index (χ1v) is 16.0. The number of carbonyl (C=O) groups excluding carboxylic acids is 3. The molecule has 13 heteroatoms. The Bertz CT molecular complexity index is 1670. The molecule has 0 saturated carbocycles. The third kappa shape index (κ3) is 6.87. The van der Waals surface area contributed by atoms with Crippen molar-refractivity contribution >= 4 is 50.1 Å². The summed E-state index contributed by atoms with van der Waals surface area (Å²) in [5.41, 5.74) is 2.31. The van der Waals surface area contributed by atoms with Gasteiger partial charge in [0.1, 0.15) is 5.69 Å². The Hall–Kier alpha value is -4.26. The number of rotatable bonds is 7. The Labute approximate surface area is 252 Å². The van der Waals surface area contributed by atoms with Crippen LogP contribution in [0.1, 0.15) is 54.1 Å². The van der Waals surface area contributed by atoms with Crippen molar-refractivity contribution in [2.45, 2.75) is 33.1 Å². The topological polar surface area (TPSA) is 142 Å². The number of carbonyl (C=O) groups is 3. The molecule has 2 aromatic carbocycles. The minimum Gasteiger partial charge on any atom is -0.492 e. The van der Waals surface area contributed by atoms with Crippen molar-refractivity contribution < 1.29 is 27.5 Å². The number of benzene rings is 2. The fourth-order valence-corrected chi connectivity index (χ4v) is 5.74. The molecular weight excluding hydrogens is 572 g/mol. The largest absolute Gasteiger partial charge is 0.492 e. The van der Waals surface area contributed by atoms with Crippen molar-refractivity contribution in [3.63, 3.8) is 0 Å². The van der Waals surface area contributed by atoms with E-state index in [4.69, 9.17) is 4.74 Å². The van der Waals surface area contributed by atoms with Crippen molar-refractivity contribution in [2.24, 2.45) is 7.05 Å². The van der Waals surface area contributed by atoms with E-state index in [1.165, 1.54) is 7.11 Å². The van der Waals surface area contributed by atoms with E-state index < -0.39 is 15.9 Å². The number of hydrogen-bond acceptors (Lipinski definition) is 6. The maximum Gasteiger partial charge on any atom is 0.317 e. The zero-order valence-corrected chi connectivity index (χ0v) is 26.5. The molecule has 0 spiro atoms. The highest BCUT2D eigenvalue weighted by atomic mass is 32.2. The van der Waals surface area contributed by atoms with Crippen LogP contribution in [0.15, 0.2) is 36.4 Å². The summed E-state index contributed by atoms with van der Waals surface area (Å²) in [6, 6.07) is 10.4. The van der Waals surface area contributed by atoms with Crippen LogP contribution in [0, 0.1) is 0 Å². The van der Waals surface area contributed by atoms with Gasteiger partial charge in [-0.1, -0.05) is 32.9 Å². The molecule has 0 aliphatic carbocycles. The van der Waals surface area contributed by atoms with Gasteiger partial charge in [0.15, 0.2) is 5.75 Å². The van der Waals surface area contributed by atoms with Gasteiger partial charge in [0.05, 0.1) is 35.8 Å². The van der Waals surface area contributed by atoms with Gasteiger partial charge in [0.2, 0.25) is 10.0 Å². The van der Waals surface area contributed by atoms with Gasteiger partial charge in [0.25, 0.3) is 11.8 Å². The number of sulfonamides is 1. The number of nitrogens with one attached hydrogen (secondary N) is 3. The van der Waals surface area contributed by atoms with Crippen LogP contribution in [0.2, 0.25) is 0 Å². The van der Waals surface area contributed by atoms with Crippen LogP contribution in [0.4, 0.5) is 16.2 Å². The van der Waals surface area contributed by atoms with E-state index in [9.17, 15) is 22.8 Å². The van der Waals surface area contributed by atoms with Crippen LogP contribution >= 0.6 is 0 Å².